The number of aryl methyl sites for hydroxylation is 1. The molecular formula is C26H30N2O4. The number of fused-ring (bicyclic) bond motifs is 3. The molecule has 2 N–H and O–H groups in total. The minimum atomic E-state index is -0.433. The van der Waals surface area contributed by atoms with Crippen molar-refractivity contribution in [3.8, 4) is 5.75 Å². The lowest BCUT2D eigenvalue weighted by Gasteiger charge is -2.33. The number of rotatable bonds is 4. The molecule has 6 heteroatoms. The number of amides is 1. The van der Waals surface area contributed by atoms with Gasteiger partial charge in [0.2, 0.25) is 17.1 Å². The Labute approximate surface area is 187 Å². The number of nitrogens with one attached hydrogen (secondary N) is 1. The Hall–Kier alpha value is -3.02. The third-order valence-corrected chi connectivity index (χ3v) is 7.26. The van der Waals surface area contributed by atoms with E-state index in [4.69, 9.17) is 4.42 Å². The summed E-state index contributed by atoms with van der Waals surface area (Å²) in [5.74, 6) is 0.427. The van der Waals surface area contributed by atoms with Gasteiger partial charge < -0.3 is 19.4 Å². The van der Waals surface area contributed by atoms with E-state index in [1.54, 1.807) is 6.92 Å². The molecule has 1 amide bonds. The van der Waals surface area contributed by atoms with Crippen LogP contribution in [0.1, 0.15) is 67.2 Å². The number of nitrogens with zero attached hydrogens (tertiary/aromatic N) is 1. The van der Waals surface area contributed by atoms with Crippen molar-refractivity contribution in [1.29, 1.82) is 0 Å². The van der Waals surface area contributed by atoms with Gasteiger partial charge in [0, 0.05) is 41.5 Å². The monoisotopic (exact) mass is 434 g/mol. The van der Waals surface area contributed by atoms with Crippen LogP contribution in [0.4, 0.5) is 0 Å². The average Bonchev–Trinajstić information content (AvgIpc) is 3.18. The number of H-pyrrole nitrogens is 1. The van der Waals surface area contributed by atoms with Gasteiger partial charge in [-0.15, -0.1) is 0 Å². The molecule has 168 valence electrons. The maximum absolute atomic E-state index is 13.4. The van der Waals surface area contributed by atoms with Gasteiger partial charge in [-0.1, -0.05) is 37.5 Å². The molecule has 0 spiro atoms. The van der Waals surface area contributed by atoms with Crippen molar-refractivity contribution in [2.45, 2.75) is 64.3 Å². The Morgan fingerprint density at radius 3 is 2.84 bits per heavy atom. The third-order valence-electron chi connectivity index (χ3n) is 7.26. The van der Waals surface area contributed by atoms with E-state index in [9.17, 15) is 14.7 Å². The first-order chi connectivity index (χ1) is 15.5. The summed E-state index contributed by atoms with van der Waals surface area (Å²) in [7, 11) is 0. The van der Waals surface area contributed by atoms with Gasteiger partial charge in [0.1, 0.15) is 5.76 Å². The van der Waals surface area contributed by atoms with Crippen LogP contribution >= 0.6 is 0 Å². The van der Waals surface area contributed by atoms with Crippen LogP contribution in [0.5, 0.6) is 5.75 Å². The molecule has 2 aliphatic rings. The highest BCUT2D eigenvalue weighted by Gasteiger charge is 2.34. The molecule has 5 rings (SSSR count). The fourth-order valence-corrected chi connectivity index (χ4v) is 5.61. The van der Waals surface area contributed by atoms with E-state index in [1.165, 1.54) is 23.4 Å². The lowest BCUT2D eigenvalue weighted by Crippen LogP contribution is -2.37. The maximum Gasteiger partial charge on any atom is 0.227 e. The molecule has 3 aromatic rings. The molecule has 0 radical (unpaired) electrons. The molecule has 0 bridgehead atoms. The Morgan fingerprint density at radius 2 is 2.03 bits per heavy atom. The van der Waals surface area contributed by atoms with Crippen LogP contribution < -0.4 is 5.43 Å². The number of hydrogen-bond donors (Lipinski definition) is 2. The van der Waals surface area contributed by atoms with Gasteiger partial charge in [-0.05, 0) is 43.7 Å². The Kier molecular flexibility index (Phi) is 5.53. The molecular weight excluding hydrogens is 404 g/mol. The summed E-state index contributed by atoms with van der Waals surface area (Å²) >= 11 is 0. The molecule has 2 aromatic heterocycles. The predicted molar refractivity (Wildman–Crippen MR) is 123 cm³/mol. The van der Waals surface area contributed by atoms with Crippen LogP contribution in [-0.2, 0) is 17.8 Å². The molecule has 1 fully saturated rings. The van der Waals surface area contributed by atoms with E-state index in [2.05, 4.69) is 17.1 Å². The zero-order valence-electron chi connectivity index (χ0n) is 18.5. The highest BCUT2D eigenvalue weighted by Crippen LogP contribution is 2.41. The first-order valence-electron chi connectivity index (χ1n) is 11.7. The second-order valence-electron chi connectivity index (χ2n) is 9.34. The van der Waals surface area contributed by atoms with Gasteiger partial charge in [0.05, 0.1) is 6.54 Å². The Bertz CT molecular complexity index is 1200. The number of aromatic amines is 1. The van der Waals surface area contributed by atoms with E-state index in [0.29, 0.717) is 24.6 Å². The first-order valence-corrected chi connectivity index (χ1v) is 11.7. The van der Waals surface area contributed by atoms with Crippen molar-refractivity contribution < 1.29 is 14.3 Å². The summed E-state index contributed by atoms with van der Waals surface area (Å²) in [6.45, 7) is 2.95. The van der Waals surface area contributed by atoms with E-state index in [1.807, 2.05) is 17.0 Å². The molecule has 3 heterocycles. The zero-order valence-corrected chi connectivity index (χ0v) is 18.5. The molecule has 32 heavy (non-hydrogen) atoms. The largest absolute Gasteiger partial charge is 0.502 e. The average molecular weight is 435 g/mol. The van der Waals surface area contributed by atoms with E-state index in [-0.39, 0.29) is 29.9 Å². The molecule has 1 atom stereocenters. The van der Waals surface area contributed by atoms with E-state index in [0.717, 1.165) is 43.3 Å². The van der Waals surface area contributed by atoms with Gasteiger partial charge in [0.25, 0.3) is 0 Å². The predicted octanol–water partition coefficient (Wildman–Crippen LogP) is 4.77. The van der Waals surface area contributed by atoms with Crippen LogP contribution in [0.25, 0.3) is 10.9 Å². The van der Waals surface area contributed by atoms with Crippen molar-refractivity contribution in [1.82, 2.24) is 9.88 Å². The number of carbonyl (C=O) groups excluding carboxylic acids is 1. The second-order valence-corrected chi connectivity index (χ2v) is 9.34. The van der Waals surface area contributed by atoms with Crippen LogP contribution in [0, 0.1) is 12.8 Å². The summed E-state index contributed by atoms with van der Waals surface area (Å²) in [6, 6.07) is 9.57. The SMILES string of the molecule is Cc1cc(=O)c(O)c(C(CC(=O)N2CCc3c([nH]c4ccccc34)C2)C2CCCCC2)o1. The van der Waals surface area contributed by atoms with Crippen molar-refractivity contribution in [3.63, 3.8) is 0 Å². The minimum Gasteiger partial charge on any atom is -0.502 e. The van der Waals surface area contributed by atoms with Gasteiger partial charge in [-0.2, -0.15) is 0 Å². The van der Waals surface area contributed by atoms with Crippen molar-refractivity contribution in [2.24, 2.45) is 5.92 Å². The number of benzene rings is 1. The quantitative estimate of drug-likeness (QED) is 0.619. The summed E-state index contributed by atoms with van der Waals surface area (Å²) in [5.41, 5.74) is 3.08. The minimum absolute atomic E-state index is 0.0495. The van der Waals surface area contributed by atoms with Crippen LogP contribution in [0.2, 0.25) is 0 Å². The van der Waals surface area contributed by atoms with E-state index >= 15 is 0 Å². The lowest BCUT2D eigenvalue weighted by molar-refractivity contribution is -0.133. The van der Waals surface area contributed by atoms with Crippen LogP contribution in [0.15, 0.2) is 39.5 Å². The summed E-state index contributed by atoms with van der Waals surface area (Å²) in [5, 5.41) is 11.8. The zero-order chi connectivity index (χ0) is 22.2. The fraction of sp³-hybridized carbons (Fsp3) is 0.462. The summed E-state index contributed by atoms with van der Waals surface area (Å²) in [6.07, 6.45) is 6.45. The molecule has 0 saturated heterocycles. The number of aromatic hydroxyl groups is 1. The van der Waals surface area contributed by atoms with Gasteiger partial charge >= 0.3 is 0 Å². The number of aromatic nitrogens is 1. The number of hydrogen-bond acceptors (Lipinski definition) is 4. The number of para-hydroxylation sites is 1. The Balaban J connectivity index is 1.41. The highest BCUT2D eigenvalue weighted by atomic mass is 16.4. The fourth-order valence-electron chi connectivity index (χ4n) is 5.61. The normalized spacial score (nSPS) is 18.0. The molecule has 1 aliphatic carbocycles. The molecule has 6 nitrogen and oxygen atoms in total. The van der Waals surface area contributed by atoms with Crippen LogP contribution in [0.3, 0.4) is 0 Å². The summed E-state index contributed by atoms with van der Waals surface area (Å²) in [4.78, 5) is 31.1. The van der Waals surface area contributed by atoms with Gasteiger partial charge in [-0.25, -0.2) is 0 Å². The van der Waals surface area contributed by atoms with Crippen LogP contribution in [-0.4, -0.2) is 27.4 Å². The highest BCUT2D eigenvalue weighted by molar-refractivity contribution is 5.85. The first kappa shape index (κ1) is 20.9. The van der Waals surface area contributed by atoms with Gasteiger partial charge in [-0.3, -0.25) is 9.59 Å². The molecule has 1 aromatic carbocycles. The van der Waals surface area contributed by atoms with E-state index < -0.39 is 5.43 Å². The van der Waals surface area contributed by atoms with Crippen molar-refractivity contribution in [2.75, 3.05) is 6.54 Å². The number of carbonyl (C=O) groups is 1. The van der Waals surface area contributed by atoms with Crippen molar-refractivity contribution in [3.05, 3.63) is 63.3 Å². The molecule has 1 saturated carbocycles. The second kappa shape index (κ2) is 8.49. The summed E-state index contributed by atoms with van der Waals surface area (Å²) < 4.78 is 5.86. The molecule has 1 unspecified atom stereocenters. The standard InChI is InChI=1S/C26H30N2O4/c1-16-13-23(29)25(31)26(32-16)20(17-7-3-2-4-8-17)14-24(30)28-12-11-19-18-9-5-6-10-21(18)27-22(19)15-28/h5-6,9-10,13,17,20,27,31H,2-4,7-8,11-12,14-15H2,1H3. The Morgan fingerprint density at radius 1 is 1.25 bits per heavy atom. The van der Waals surface area contributed by atoms with Crippen molar-refractivity contribution >= 4 is 16.8 Å². The lowest BCUT2D eigenvalue weighted by atomic mass is 9.76. The third kappa shape index (κ3) is 3.83. The smallest absolute Gasteiger partial charge is 0.227 e. The molecule has 1 aliphatic heterocycles. The van der Waals surface area contributed by atoms with Gasteiger partial charge in [0.15, 0.2) is 5.76 Å². The topological polar surface area (TPSA) is 86.5 Å². The maximum atomic E-state index is 13.4.